The monoisotopic (exact) mass is 345 g/mol. The predicted octanol–water partition coefficient (Wildman–Crippen LogP) is 3.12. The van der Waals surface area contributed by atoms with Crippen LogP contribution in [0.25, 0.3) is 0 Å². The molecule has 0 radical (unpaired) electrons. The Labute approximate surface area is 135 Å². The van der Waals surface area contributed by atoms with Gasteiger partial charge in [-0.25, -0.2) is 4.98 Å². The zero-order valence-electron chi connectivity index (χ0n) is 11.1. The Morgan fingerprint density at radius 1 is 1.48 bits per heavy atom. The molecule has 1 heterocycles. The number of amides is 1. The lowest BCUT2D eigenvalue weighted by Crippen LogP contribution is -2.14. The van der Waals surface area contributed by atoms with Gasteiger partial charge in [-0.1, -0.05) is 35.0 Å². The molecule has 0 unspecified atom stereocenters. The lowest BCUT2D eigenvalue weighted by atomic mass is 10.2. The SMILES string of the molecule is Cc1nc(SCCC(=O)Nc2c(N)cc(Cl)cc2Cl)n[nH]1. The molecule has 4 N–H and O–H groups in total. The molecule has 0 aliphatic rings. The first-order valence-corrected chi connectivity index (χ1v) is 7.76. The highest BCUT2D eigenvalue weighted by Crippen LogP contribution is 2.32. The zero-order chi connectivity index (χ0) is 15.4. The number of rotatable bonds is 5. The van der Waals surface area contributed by atoms with Crippen molar-refractivity contribution in [2.24, 2.45) is 0 Å². The van der Waals surface area contributed by atoms with Gasteiger partial charge in [-0.15, -0.1) is 5.10 Å². The summed E-state index contributed by atoms with van der Waals surface area (Å²) in [7, 11) is 0. The number of carbonyl (C=O) groups is 1. The second-order valence-electron chi connectivity index (χ2n) is 4.20. The van der Waals surface area contributed by atoms with Gasteiger partial charge in [0.2, 0.25) is 11.1 Å². The lowest BCUT2D eigenvalue weighted by molar-refractivity contribution is -0.115. The van der Waals surface area contributed by atoms with Gasteiger partial charge < -0.3 is 11.1 Å². The van der Waals surface area contributed by atoms with Crippen LogP contribution in [0, 0.1) is 6.92 Å². The Hall–Kier alpha value is -1.44. The normalized spacial score (nSPS) is 10.6. The molecule has 1 aromatic carbocycles. The molecule has 0 spiro atoms. The van der Waals surface area contributed by atoms with Crippen LogP contribution in [-0.2, 0) is 4.79 Å². The molecule has 6 nitrogen and oxygen atoms in total. The molecule has 21 heavy (non-hydrogen) atoms. The molecule has 9 heteroatoms. The Morgan fingerprint density at radius 3 is 2.86 bits per heavy atom. The van der Waals surface area contributed by atoms with Crippen molar-refractivity contribution in [3.05, 3.63) is 28.0 Å². The van der Waals surface area contributed by atoms with Gasteiger partial charge in [-0.3, -0.25) is 9.89 Å². The van der Waals surface area contributed by atoms with E-state index in [1.807, 2.05) is 6.92 Å². The minimum atomic E-state index is -0.189. The van der Waals surface area contributed by atoms with E-state index in [1.165, 1.54) is 23.9 Å². The molecule has 1 aromatic heterocycles. The van der Waals surface area contributed by atoms with E-state index in [1.54, 1.807) is 0 Å². The Morgan fingerprint density at radius 2 is 2.24 bits per heavy atom. The maximum Gasteiger partial charge on any atom is 0.225 e. The van der Waals surface area contributed by atoms with Gasteiger partial charge in [0, 0.05) is 17.2 Å². The van der Waals surface area contributed by atoms with E-state index in [2.05, 4.69) is 20.5 Å². The summed E-state index contributed by atoms with van der Waals surface area (Å²) in [6, 6.07) is 3.06. The van der Waals surface area contributed by atoms with Crippen LogP contribution in [0.4, 0.5) is 11.4 Å². The Bertz CT molecular complexity index is 638. The maximum absolute atomic E-state index is 11.9. The molecular formula is C12H13Cl2N5OS. The number of benzene rings is 1. The number of aryl methyl sites for hydroxylation is 1. The fraction of sp³-hybridized carbons (Fsp3) is 0.250. The average Bonchev–Trinajstić information content (AvgIpc) is 2.79. The van der Waals surface area contributed by atoms with Crippen molar-refractivity contribution in [3.63, 3.8) is 0 Å². The molecule has 2 rings (SSSR count). The van der Waals surface area contributed by atoms with Crippen LogP contribution in [0.2, 0.25) is 10.0 Å². The molecule has 2 aromatic rings. The average molecular weight is 346 g/mol. The van der Waals surface area contributed by atoms with Crippen LogP contribution in [-0.4, -0.2) is 26.8 Å². The number of hydrogen-bond donors (Lipinski definition) is 3. The number of nitrogens with one attached hydrogen (secondary N) is 2. The van der Waals surface area contributed by atoms with Gasteiger partial charge in [-0.2, -0.15) is 0 Å². The minimum absolute atomic E-state index is 0.189. The summed E-state index contributed by atoms with van der Waals surface area (Å²) in [5, 5.41) is 10.7. The summed E-state index contributed by atoms with van der Waals surface area (Å²) < 4.78 is 0. The van der Waals surface area contributed by atoms with Gasteiger partial charge in [0.05, 0.1) is 16.4 Å². The zero-order valence-corrected chi connectivity index (χ0v) is 13.4. The largest absolute Gasteiger partial charge is 0.397 e. The number of H-pyrrole nitrogens is 1. The molecule has 0 bridgehead atoms. The quantitative estimate of drug-likeness (QED) is 0.571. The van der Waals surface area contributed by atoms with Crippen LogP contribution < -0.4 is 11.1 Å². The number of hydrogen-bond acceptors (Lipinski definition) is 5. The summed E-state index contributed by atoms with van der Waals surface area (Å²) in [5.41, 5.74) is 6.49. The number of anilines is 2. The molecule has 0 atom stereocenters. The van der Waals surface area contributed by atoms with Crippen LogP contribution in [0.3, 0.4) is 0 Å². The fourth-order valence-corrected chi connectivity index (χ4v) is 2.89. The third-order valence-corrected chi connectivity index (χ3v) is 3.85. The second-order valence-corrected chi connectivity index (χ2v) is 6.11. The van der Waals surface area contributed by atoms with Gasteiger partial charge in [0.25, 0.3) is 0 Å². The van der Waals surface area contributed by atoms with E-state index in [4.69, 9.17) is 28.9 Å². The number of aromatic nitrogens is 3. The molecule has 0 fully saturated rings. The topological polar surface area (TPSA) is 96.7 Å². The summed E-state index contributed by atoms with van der Waals surface area (Å²) in [4.78, 5) is 16.0. The molecule has 0 aliphatic heterocycles. The summed E-state index contributed by atoms with van der Waals surface area (Å²) in [5.74, 6) is 1.10. The number of carbonyl (C=O) groups excluding carboxylic acids is 1. The van der Waals surface area contributed by atoms with Crippen molar-refractivity contribution in [1.29, 1.82) is 0 Å². The fourth-order valence-electron chi connectivity index (χ4n) is 1.55. The van der Waals surface area contributed by atoms with Crippen LogP contribution in [0.5, 0.6) is 0 Å². The minimum Gasteiger partial charge on any atom is -0.397 e. The highest BCUT2D eigenvalue weighted by molar-refractivity contribution is 7.99. The first-order valence-electron chi connectivity index (χ1n) is 6.02. The van der Waals surface area contributed by atoms with Crippen LogP contribution in [0.15, 0.2) is 17.3 Å². The smallest absolute Gasteiger partial charge is 0.225 e. The third kappa shape index (κ3) is 4.52. The Balaban J connectivity index is 1.87. The van der Waals surface area contributed by atoms with Gasteiger partial charge in [0.15, 0.2) is 0 Å². The predicted molar refractivity (Wildman–Crippen MR) is 86.0 cm³/mol. The molecule has 1 amide bonds. The van der Waals surface area contributed by atoms with E-state index >= 15 is 0 Å². The highest BCUT2D eigenvalue weighted by Gasteiger charge is 2.11. The maximum atomic E-state index is 11.9. The number of aromatic amines is 1. The van der Waals surface area contributed by atoms with E-state index in [9.17, 15) is 4.79 Å². The third-order valence-electron chi connectivity index (χ3n) is 2.49. The molecule has 0 saturated heterocycles. The standard InChI is InChI=1S/C12H13Cl2N5OS/c1-6-16-12(19-18-6)21-3-2-10(20)17-11-8(14)4-7(13)5-9(11)15/h4-5H,2-3,15H2,1H3,(H,17,20)(H,16,18,19). The highest BCUT2D eigenvalue weighted by atomic mass is 35.5. The van der Waals surface area contributed by atoms with Crippen molar-refractivity contribution in [2.45, 2.75) is 18.5 Å². The van der Waals surface area contributed by atoms with Crippen molar-refractivity contribution >= 4 is 52.2 Å². The van der Waals surface area contributed by atoms with Crippen LogP contribution >= 0.6 is 35.0 Å². The molecule has 0 aliphatic carbocycles. The van der Waals surface area contributed by atoms with E-state index in [0.717, 1.165) is 5.82 Å². The first kappa shape index (κ1) is 15.9. The van der Waals surface area contributed by atoms with Crippen molar-refractivity contribution in [2.75, 3.05) is 16.8 Å². The van der Waals surface area contributed by atoms with Crippen molar-refractivity contribution < 1.29 is 4.79 Å². The van der Waals surface area contributed by atoms with E-state index in [-0.39, 0.29) is 12.3 Å². The number of halogens is 2. The molecule has 112 valence electrons. The number of nitrogens with two attached hydrogens (primary N) is 1. The second kappa shape index (κ2) is 7.02. The molecule has 0 saturated carbocycles. The van der Waals surface area contributed by atoms with Crippen molar-refractivity contribution in [3.8, 4) is 0 Å². The summed E-state index contributed by atoms with van der Waals surface area (Å²) in [6.45, 7) is 1.81. The number of thioether (sulfide) groups is 1. The molecular weight excluding hydrogens is 333 g/mol. The number of nitrogen functional groups attached to an aromatic ring is 1. The van der Waals surface area contributed by atoms with E-state index in [0.29, 0.717) is 32.3 Å². The van der Waals surface area contributed by atoms with Gasteiger partial charge in [0.1, 0.15) is 5.82 Å². The summed E-state index contributed by atoms with van der Waals surface area (Å²) in [6.07, 6.45) is 0.288. The lowest BCUT2D eigenvalue weighted by Gasteiger charge is -2.10. The first-order chi connectivity index (χ1) is 9.95. The van der Waals surface area contributed by atoms with Crippen LogP contribution in [0.1, 0.15) is 12.2 Å². The Kier molecular flexibility index (Phi) is 5.33. The van der Waals surface area contributed by atoms with E-state index < -0.39 is 0 Å². The van der Waals surface area contributed by atoms with Crippen molar-refractivity contribution in [1.82, 2.24) is 15.2 Å². The van der Waals surface area contributed by atoms with Gasteiger partial charge >= 0.3 is 0 Å². The summed E-state index contributed by atoms with van der Waals surface area (Å²) >= 11 is 13.2. The number of nitrogens with zero attached hydrogens (tertiary/aromatic N) is 2. The van der Waals surface area contributed by atoms with Gasteiger partial charge in [-0.05, 0) is 19.1 Å².